The van der Waals surface area contributed by atoms with Crippen LogP contribution in [0, 0.1) is 5.82 Å². The van der Waals surface area contributed by atoms with Crippen molar-refractivity contribution in [1.82, 2.24) is 10.2 Å². The minimum absolute atomic E-state index is 0.0716. The van der Waals surface area contributed by atoms with Crippen molar-refractivity contribution in [3.63, 3.8) is 0 Å². The average molecular weight is 549 g/mol. The number of benzene rings is 2. The number of likely N-dealkylation sites (tertiary alicyclic amines) is 1. The molecule has 2 atom stereocenters. The van der Waals surface area contributed by atoms with E-state index >= 15 is 0 Å². The number of methoxy groups -OCH3 is 1. The van der Waals surface area contributed by atoms with Crippen LogP contribution >= 0.6 is 23.2 Å². The van der Waals surface area contributed by atoms with E-state index in [1.54, 1.807) is 12.1 Å². The number of amides is 2. The van der Waals surface area contributed by atoms with Crippen LogP contribution in [0.1, 0.15) is 29.9 Å². The number of carbonyl (C=O) groups is 2. The van der Waals surface area contributed by atoms with Gasteiger partial charge in [-0.05, 0) is 35.9 Å². The summed E-state index contributed by atoms with van der Waals surface area (Å²) in [6, 6.07) is 8.94. The SMILES string of the molecule is COC(C(=O)N1CCC2(CC1)OC(=O)NCC2c1ccc(F)cc1)(c1cc(Cl)cc(Cl)c1)C(F)(F)F. The van der Waals surface area contributed by atoms with Crippen LogP contribution in [0.4, 0.5) is 22.4 Å². The Kier molecular flexibility index (Phi) is 7.15. The second kappa shape index (κ2) is 9.72. The van der Waals surface area contributed by atoms with E-state index in [-0.39, 0.29) is 42.5 Å². The number of ether oxygens (including phenoxy) is 2. The number of piperidine rings is 1. The summed E-state index contributed by atoms with van der Waals surface area (Å²) in [4.78, 5) is 26.6. The van der Waals surface area contributed by atoms with Gasteiger partial charge in [0, 0.05) is 61.1 Å². The van der Waals surface area contributed by atoms with Crippen molar-refractivity contribution in [3.8, 4) is 0 Å². The maximum atomic E-state index is 14.5. The fourth-order valence-corrected chi connectivity index (χ4v) is 5.55. The molecule has 0 bridgehead atoms. The van der Waals surface area contributed by atoms with Gasteiger partial charge in [0.05, 0.1) is 0 Å². The molecule has 2 saturated heterocycles. The number of nitrogens with one attached hydrogen (secondary N) is 1. The van der Waals surface area contributed by atoms with E-state index in [1.165, 1.54) is 18.2 Å². The number of hydrogen-bond donors (Lipinski definition) is 1. The van der Waals surface area contributed by atoms with Gasteiger partial charge in [-0.25, -0.2) is 9.18 Å². The first-order valence-electron chi connectivity index (χ1n) is 11.0. The van der Waals surface area contributed by atoms with E-state index in [4.69, 9.17) is 32.7 Å². The molecule has 0 aromatic heterocycles. The van der Waals surface area contributed by atoms with Crippen molar-refractivity contribution in [2.45, 2.75) is 36.1 Å². The van der Waals surface area contributed by atoms with E-state index in [0.717, 1.165) is 24.1 Å². The van der Waals surface area contributed by atoms with E-state index in [9.17, 15) is 27.2 Å². The van der Waals surface area contributed by atoms with E-state index < -0.39 is 46.7 Å². The molecule has 0 saturated carbocycles. The van der Waals surface area contributed by atoms with Crippen LogP contribution in [-0.2, 0) is 19.9 Å². The Hall–Kier alpha value is -2.56. The van der Waals surface area contributed by atoms with Crippen LogP contribution in [0.25, 0.3) is 0 Å². The molecule has 6 nitrogen and oxygen atoms in total. The molecule has 0 radical (unpaired) electrons. The van der Waals surface area contributed by atoms with Crippen LogP contribution in [0.15, 0.2) is 42.5 Å². The number of halogens is 6. The molecule has 194 valence electrons. The highest BCUT2D eigenvalue weighted by atomic mass is 35.5. The van der Waals surface area contributed by atoms with Crippen molar-refractivity contribution in [2.24, 2.45) is 0 Å². The predicted octanol–water partition coefficient (Wildman–Crippen LogP) is 5.42. The average Bonchev–Trinajstić information content (AvgIpc) is 2.80. The summed E-state index contributed by atoms with van der Waals surface area (Å²) in [6.07, 6.45) is -5.66. The van der Waals surface area contributed by atoms with Gasteiger partial charge in [0.15, 0.2) is 0 Å². The Bertz CT molecular complexity index is 1130. The van der Waals surface area contributed by atoms with Gasteiger partial charge in [-0.2, -0.15) is 13.2 Å². The number of hydrogen-bond acceptors (Lipinski definition) is 4. The molecule has 36 heavy (non-hydrogen) atoms. The molecule has 2 amide bonds. The van der Waals surface area contributed by atoms with Crippen molar-refractivity contribution >= 4 is 35.2 Å². The fourth-order valence-electron chi connectivity index (χ4n) is 5.03. The van der Waals surface area contributed by atoms with Gasteiger partial charge >= 0.3 is 12.3 Å². The minimum Gasteiger partial charge on any atom is -0.442 e. The van der Waals surface area contributed by atoms with Crippen molar-refractivity contribution < 1.29 is 36.6 Å². The molecule has 2 heterocycles. The van der Waals surface area contributed by atoms with Gasteiger partial charge in [0.2, 0.25) is 0 Å². The summed E-state index contributed by atoms with van der Waals surface area (Å²) < 4.78 is 67.5. The smallest absolute Gasteiger partial charge is 0.430 e. The summed E-state index contributed by atoms with van der Waals surface area (Å²) in [7, 11) is 0.796. The molecule has 2 unspecified atom stereocenters. The number of alkyl carbamates (subject to hydrolysis) is 1. The standard InChI is InChI=1S/C24H22Cl2F4N2O4/c1-35-23(24(28,29)30,15-10-16(25)12-17(26)11-15)20(33)32-8-6-22(7-9-32)19(13-31-21(34)36-22)14-2-4-18(27)5-3-14/h2-5,10-12,19H,6-9,13H2,1H3,(H,31,34). The number of rotatable bonds is 4. The lowest BCUT2D eigenvalue weighted by molar-refractivity contribution is -0.271. The fraction of sp³-hybridized carbons (Fsp3) is 0.417. The summed E-state index contributed by atoms with van der Waals surface area (Å²) >= 11 is 11.9. The number of carbonyl (C=O) groups excluding carboxylic acids is 2. The minimum atomic E-state index is -5.14. The van der Waals surface area contributed by atoms with Crippen molar-refractivity contribution in [1.29, 1.82) is 0 Å². The maximum absolute atomic E-state index is 14.5. The van der Waals surface area contributed by atoms with Crippen LogP contribution in [0.2, 0.25) is 10.0 Å². The lowest BCUT2D eigenvalue weighted by Gasteiger charge is -2.49. The quantitative estimate of drug-likeness (QED) is 0.518. The zero-order chi connectivity index (χ0) is 26.3. The van der Waals surface area contributed by atoms with E-state index in [1.807, 2.05) is 0 Å². The van der Waals surface area contributed by atoms with Crippen molar-refractivity contribution in [3.05, 3.63) is 69.5 Å². The molecule has 2 aromatic carbocycles. The molecule has 12 heteroatoms. The zero-order valence-electron chi connectivity index (χ0n) is 19.0. The van der Waals surface area contributed by atoms with Gasteiger partial charge in [-0.3, -0.25) is 4.79 Å². The van der Waals surface area contributed by atoms with Gasteiger partial charge < -0.3 is 19.7 Å². The highest BCUT2D eigenvalue weighted by Gasteiger charge is 2.64. The molecule has 2 aromatic rings. The van der Waals surface area contributed by atoms with Crippen LogP contribution < -0.4 is 5.32 Å². The molecule has 4 rings (SSSR count). The number of alkyl halides is 3. The lowest BCUT2D eigenvalue weighted by atomic mass is 9.74. The van der Waals surface area contributed by atoms with Gasteiger partial charge in [0.25, 0.3) is 11.5 Å². The van der Waals surface area contributed by atoms with E-state index in [2.05, 4.69) is 5.32 Å². The first-order valence-corrected chi connectivity index (χ1v) is 11.8. The van der Waals surface area contributed by atoms with Gasteiger partial charge in [-0.1, -0.05) is 35.3 Å². The third-order valence-electron chi connectivity index (χ3n) is 6.83. The predicted molar refractivity (Wildman–Crippen MR) is 123 cm³/mol. The summed E-state index contributed by atoms with van der Waals surface area (Å²) in [6.45, 7) is -0.0808. The van der Waals surface area contributed by atoms with Crippen LogP contribution in [0.5, 0.6) is 0 Å². The monoisotopic (exact) mass is 548 g/mol. The number of nitrogens with zero attached hydrogens (tertiary/aromatic N) is 1. The molecule has 2 aliphatic heterocycles. The molecule has 2 fully saturated rings. The van der Waals surface area contributed by atoms with Crippen LogP contribution in [-0.4, -0.2) is 55.4 Å². The lowest BCUT2D eigenvalue weighted by Crippen LogP contribution is -2.62. The molecule has 1 spiro atoms. The highest BCUT2D eigenvalue weighted by molar-refractivity contribution is 6.34. The molecule has 1 N–H and O–H groups in total. The van der Waals surface area contributed by atoms with Crippen LogP contribution in [0.3, 0.4) is 0 Å². The Morgan fingerprint density at radius 1 is 1.11 bits per heavy atom. The Morgan fingerprint density at radius 3 is 2.22 bits per heavy atom. The maximum Gasteiger partial charge on any atom is 0.430 e. The second-order valence-corrected chi connectivity index (χ2v) is 9.65. The topological polar surface area (TPSA) is 67.9 Å². The first-order chi connectivity index (χ1) is 16.9. The van der Waals surface area contributed by atoms with Gasteiger partial charge in [0.1, 0.15) is 11.4 Å². The third kappa shape index (κ3) is 4.62. The summed E-state index contributed by atoms with van der Waals surface area (Å²) in [5.41, 5.74) is -4.26. The summed E-state index contributed by atoms with van der Waals surface area (Å²) in [5.74, 6) is -2.16. The molecule has 0 aliphatic carbocycles. The Morgan fingerprint density at radius 2 is 1.69 bits per heavy atom. The molecule has 2 aliphatic rings. The first kappa shape index (κ1) is 26.5. The molecular formula is C24H22Cl2F4N2O4. The second-order valence-electron chi connectivity index (χ2n) is 8.77. The Balaban J connectivity index is 1.64. The molecular weight excluding hydrogens is 527 g/mol. The highest BCUT2D eigenvalue weighted by Crippen LogP contribution is 2.47. The third-order valence-corrected chi connectivity index (χ3v) is 7.26. The van der Waals surface area contributed by atoms with Gasteiger partial charge in [-0.15, -0.1) is 0 Å². The zero-order valence-corrected chi connectivity index (χ0v) is 20.5. The summed E-state index contributed by atoms with van der Waals surface area (Å²) in [5, 5.41) is 2.44. The largest absolute Gasteiger partial charge is 0.442 e. The Labute approximate surface area is 214 Å². The van der Waals surface area contributed by atoms with Crippen molar-refractivity contribution in [2.75, 3.05) is 26.7 Å². The van der Waals surface area contributed by atoms with E-state index in [0.29, 0.717) is 5.56 Å². The normalized spacial score (nSPS) is 21.5.